The molecule has 0 aliphatic carbocycles. The number of hydrogen-bond acceptors (Lipinski definition) is 4. The van der Waals surface area contributed by atoms with E-state index < -0.39 is 10.0 Å². The van der Waals surface area contributed by atoms with E-state index in [1.807, 2.05) is 4.57 Å². The van der Waals surface area contributed by atoms with Gasteiger partial charge < -0.3 is 9.30 Å². The highest BCUT2D eigenvalue weighted by Crippen LogP contribution is 2.27. The number of hydrogen-bond donors (Lipinski definition) is 1. The lowest BCUT2D eigenvalue weighted by atomic mass is 10.3. The number of fused-ring (bicyclic) bond motifs is 1. The Morgan fingerprint density at radius 3 is 2.84 bits per heavy atom. The van der Waals surface area contributed by atoms with Gasteiger partial charge in [0.25, 0.3) is 10.0 Å². The lowest BCUT2D eigenvalue weighted by Gasteiger charge is -2.08. The molecule has 0 spiro atoms. The van der Waals surface area contributed by atoms with Crippen molar-refractivity contribution < 1.29 is 13.2 Å². The maximum Gasteiger partial charge on any atom is 0.264 e. The fourth-order valence-electron chi connectivity index (χ4n) is 2.70. The number of aromatic nitrogens is 2. The first-order valence-electron chi connectivity index (χ1n) is 8.16. The lowest BCUT2D eigenvalue weighted by Crippen LogP contribution is -2.12. The molecule has 3 rings (SSSR count). The van der Waals surface area contributed by atoms with Crippen LogP contribution in [-0.2, 0) is 16.6 Å². The minimum Gasteiger partial charge on any atom is -0.497 e. The molecule has 2 heterocycles. The molecule has 0 saturated carbocycles. The van der Waals surface area contributed by atoms with Crippen LogP contribution in [0, 0.1) is 0 Å². The number of sulfonamides is 1. The number of pyridine rings is 1. The fraction of sp³-hybridized carbons (Fsp3) is 0.278. The van der Waals surface area contributed by atoms with Crippen molar-refractivity contribution in [2.24, 2.45) is 0 Å². The van der Waals surface area contributed by atoms with Gasteiger partial charge in [-0.3, -0.25) is 4.72 Å². The molecule has 2 aromatic heterocycles. The van der Waals surface area contributed by atoms with E-state index in [1.165, 1.54) is 0 Å². The zero-order valence-corrected chi connectivity index (χ0v) is 15.1. The predicted molar refractivity (Wildman–Crippen MR) is 98.4 cm³/mol. The summed E-state index contributed by atoms with van der Waals surface area (Å²) in [4.78, 5) is 4.58. The number of unbranched alkanes of at least 4 members (excludes halogenated alkanes) is 1. The van der Waals surface area contributed by atoms with Crippen LogP contribution in [0.3, 0.4) is 0 Å². The standard InChI is InChI=1S/C18H21N3O3S/c1-3-4-11-21-13-17(16-9-6-10-19-18(16)21)25(22,23)20-14-7-5-8-15(12-14)24-2/h5-10,12-13,20H,3-4,11H2,1-2H3. The number of aryl methyl sites for hydroxylation is 1. The molecule has 0 bridgehead atoms. The van der Waals surface area contributed by atoms with Crippen molar-refractivity contribution >= 4 is 26.7 Å². The van der Waals surface area contributed by atoms with Crippen LogP contribution in [0.5, 0.6) is 5.75 Å². The van der Waals surface area contributed by atoms with Gasteiger partial charge in [-0.05, 0) is 30.7 Å². The van der Waals surface area contributed by atoms with Crippen LogP contribution in [0.4, 0.5) is 5.69 Å². The first-order chi connectivity index (χ1) is 12.0. The summed E-state index contributed by atoms with van der Waals surface area (Å²) in [5, 5.41) is 0.619. The maximum atomic E-state index is 12.9. The molecule has 6 nitrogen and oxygen atoms in total. The van der Waals surface area contributed by atoms with Gasteiger partial charge in [0.05, 0.1) is 12.8 Å². The molecule has 0 aliphatic rings. The monoisotopic (exact) mass is 359 g/mol. The van der Waals surface area contributed by atoms with Gasteiger partial charge in [-0.1, -0.05) is 19.4 Å². The lowest BCUT2D eigenvalue weighted by molar-refractivity contribution is 0.415. The second kappa shape index (κ2) is 7.14. The zero-order valence-electron chi connectivity index (χ0n) is 14.3. The molecule has 7 heteroatoms. The van der Waals surface area contributed by atoms with E-state index in [2.05, 4.69) is 16.6 Å². The number of methoxy groups -OCH3 is 1. The number of nitrogens with one attached hydrogen (secondary N) is 1. The molecule has 0 atom stereocenters. The van der Waals surface area contributed by atoms with Gasteiger partial charge in [0.1, 0.15) is 16.3 Å². The SMILES string of the molecule is CCCCn1cc(S(=O)(=O)Nc2cccc(OC)c2)c2cccnc21. The Morgan fingerprint density at radius 2 is 2.08 bits per heavy atom. The number of anilines is 1. The summed E-state index contributed by atoms with van der Waals surface area (Å²) < 4.78 is 35.5. The van der Waals surface area contributed by atoms with E-state index in [0.29, 0.717) is 22.5 Å². The molecule has 0 amide bonds. The Morgan fingerprint density at radius 1 is 1.24 bits per heavy atom. The summed E-state index contributed by atoms with van der Waals surface area (Å²) >= 11 is 0. The van der Waals surface area contributed by atoms with Crippen molar-refractivity contribution in [2.45, 2.75) is 31.2 Å². The molecule has 1 aromatic carbocycles. The van der Waals surface area contributed by atoms with Crippen molar-refractivity contribution in [3.8, 4) is 5.75 Å². The quantitative estimate of drug-likeness (QED) is 0.699. The Balaban J connectivity index is 2.01. The van der Waals surface area contributed by atoms with Gasteiger partial charge in [0, 0.05) is 30.4 Å². The van der Waals surface area contributed by atoms with Crippen molar-refractivity contribution in [3.63, 3.8) is 0 Å². The average Bonchev–Trinajstić information content (AvgIpc) is 2.99. The predicted octanol–water partition coefficient (Wildman–Crippen LogP) is 3.65. The topological polar surface area (TPSA) is 73.2 Å². The van der Waals surface area contributed by atoms with Crippen LogP contribution in [0.25, 0.3) is 11.0 Å². The zero-order chi connectivity index (χ0) is 17.9. The number of benzene rings is 1. The minimum atomic E-state index is -3.74. The van der Waals surface area contributed by atoms with Crippen LogP contribution in [0.1, 0.15) is 19.8 Å². The molecular formula is C18H21N3O3S. The van der Waals surface area contributed by atoms with E-state index in [9.17, 15) is 8.42 Å². The second-order valence-electron chi connectivity index (χ2n) is 5.75. The molecule has 0 aliphatic heterocycles. The van der Waals surface area contributed by atoms with Crippen molar-refractivity contribution in [2.75, 3.05) is 11.8 Å². The van der Waals surface area contributed by atoms with Crippen molar-refractivity contribution in [1.29, 1.82) is 0 Å². The molecule has 0 fully saturated rings. The molecule has 0 radical (unpaired) electrons. The van der Waals surface area contributed by atoms with Gasteiger partial charge in [-0.25, -0.2) is 13.4 Å². The third-order valence-corrected chi connectivity index (χ3v) is 5.37. The molecule has 3 aromatic rings. The summed E-state index contributed by atoms with van der Waals surface area (Å²) in [5.74, 6) is 0.590. The number of nitrogens with zero attached hydrogens (tertiary/aromatic N) is 2. The number of rotatable bonds is 7. The Kier molecular flexibility index (Phi) is 4.94. The highest BCUT2D eigenvalue weighted by molar-refractivity contribution is 7.93. The molecule has 25 heavy (non-hydrogen) atoms. The summed E-state index contributed by atoms with van der Waals surface area (Å²) in [5.41, 5.74) is 1.14. The van der Waals surface area contributed by atoms with E-state index >= 15 is 0 Å². The average molecular weight is 359 g/mol. The highest BCUT2D eigenvalue weighted by atomic mass is 32.2. The maximum absolute atomic E-state index is 12.9. The van der Waals surface area contributed by atoms with Crippen LogP contribution in [0.15, 0.2) is 53.7 Å². The Bertz CT molecular complexity index is 980. The largest absolute Gasteiger partial charge is 0.497 e. The van der Waals surface area contributed by atoms with Crippen LogP contribution in [0.2, 0.25) is 0 Å². The van der Waals surface area contributed by atoms with E-state index in [0.717, 1.165) is 19.4 Å². The van der Waals surface area contributed by atoms with Gasteiger partial charge in [-0.15, -0.1) is 0 Å². The number of ether oxygens (including phenoxy) is 1. The van der Waals surface area contributed by atoms with Crippen molar-refractivity contribution in [1.82, 2.24) is 9.55 Å². The Hall–Kier alpha value is -2.54. The highest BCUT2D eigenvalue weighted by Gasteiger charge is 2.21. The van der Waals surface area contributed by atoms with Gasteiger partial charge >= 0.3 is 0 Å². The summed E-state index contributed by atoms with van der Waals surface area (Å²) in [6.45, 7) is 2.83. The van der Waals surface area contributed by atoms with Crippen LogP contribution >= 0.6 is 0 Å². The molecule has 132 valence electrons. The molecule has 0 unspecified atom stereocenters. The molecule has 1 N–H and O–H groups in total. The first kappa shape index (κ1) is 17.3. The van der Waals surface area contributed by atoms with E-state index in [4.69, 9.17) is 4.74 Å². The third kappa shape index (κ3) is 3.61. The normalized spacial score (nSPS) is 11.6. The summed E-state index contributed by atoms with van der Waals surface area (Å²) in [6.07, 6.45) is 5.33. The molecular weight excluding hydrogens is 338 g/mol. The van der Waals surface area contributed by atoms with E-state index in [1.54, 1.807) is 55.9 Å². The van der Waals surface area contributed by atoms with Crippen LogP contribution < -0.4 is 9.46 Å². The second-order valence-corrected chi connectivity index (χ2v) is 7.40. The summed E-state index contributed by atoms with van der Waals surface area (Å²) in [6, 6.07) is 10.4. The van der Waals surface area contributed by atoms with Gasteiger partial charge in [0.2, 0.25) is 0 Å². The van der Waals surface area contributed by atoms with Gasteiger partial charge in [-0.2, -0.15) is 0 Å². The first-order valence-corrected chi connectivity index (χ1v) is 9.64. The van der Waals surface area contributed by atoms with Crippen LogP contribution in [-0.4, -0.2) is 25.1 Å². The fourth-order valence-corrected chi connectivity index (χ4v) is 3.96. The van der Waals surface area contributed by atoms with E-state index in [-0.39, 0.29) is 4.90 Å². The smallest absolute Gasteiger partial charge is 0.264 e. The summed E-state index contributed by atoms with van der Waals surface area (Å²) in [7, 11) is -2.19. The molecule has 0 saturated heterocycles. The van der Waals surface area contributed by atoms with Crippen molar-refractivity contribution in [3.05, 3.63) is 48.8 Å². The minimum absolute atomic E-state index is 0.231. The Labute approximate surface area is 147 Å². The van der Waals surface area contributed by atoms with Gasteiger partial charge in [0.15, 0.2) is 0 Å². The third-order valence-electron chi connectivity index (χ3n) is 3.96.